The van der Waals surface area contributed by atoms with Crippen molar-refractivity contribution in [2.45, 2.75) is 0 Å². The fraction of sp³-hybridized carbons (Fsp3) is 0. The van der Waals surface area contributed by atoms with Crippen molar-refractivity contribution in [1.82, 2.24) is 0 Å². The Morgan fingerprint density at radius 2 is 2.12 bits per heavy atom. The Morgan fingerprint density at radius 3 is 2.50 bits per heavy atom. The van der Waals surface area contributed by atoms with Crippen molar-refractivity contribution in [1.29, 1.82) is 0 Å². The molecule has 8 heavy (non-hydrogen) atoms. The minimum absolute atomic E-state index is 0.0208. The predicted molar refractivity (Wildman–Crippen MR) is 29.8 cm³/mol. The van der Waals surface area contributed by atoms with Crippen molar-refractivity contribution in [3.63, 3.8) is 0 Å². The van der Waals surface area contributed by atoms with Crippen LogP contribution in [0.15, 0.2) is 4.36 Å². The van der Waals surface area contributed by atoms with E-state index >= 15 is 0 Å². The molecule has 0 fully saturated rings. The maximum absolute atomic E-state index is 9.98. The Labute approximate surface area is 52.2 Å². The van der Waals surface area contributed by atoms with E-state index in [0.29, 0.717) is 5.37 Å². The molecule has 0 saturated heterocycles. The van der Waals surface area contributed by atoms with Gasteiger partial charge in [0.15, 0.2) is 0 Å². The first-order valence-corrected chi connectivity index (χ1v) is 2.97. The Kier molecular flexibility index (Phi) is 4.19. The van der Waals surface area contributed by atoms with E-state index < -0.39 is 5.91 Å². The largest absolute Gasteiger partial charge is 0.295 e. The molecule has 6 heteroatoms. The number of amides is 1. The van der Waals surface area contributed by atoms with Gasteiger partial charge < -0.3 is 0 Å². The van der Waals surface area contributed by atoms with Gasteiger partial charge >= 0.3 is 0 Å². The smallest absolute Gasteiger partial charge is 0.265 e. The Morgan fingerprint density at radius 1 is 1.50 bits per heavy atom. The average Bonchev–Trinajstić information content (AvgIpc) is 1.68. The second-order valence-corrected chi connectivity index (χ2v) is 1.48. The first-order valence-electron chi connectivity index (χ1n) is 1.47. The lowest BCUT2D eigenvalue weighted by atomic mass is 10.8. The zero-order valence-electron chi connectivity index (χ0n) is 3.57. The third-order valence-corrected chi connectivity index (χ3v) is 0.829. The Hall–Kier alpha value is -0.620. The van der Waals surface area contributed by atoms with E-state index in [1.54, 1.807) is 0 Å². The molecule has 0 heterocycles. The number of hydrogen-bond donors (Lipinski definition) is 0. The van der Waals surface area contributed by atoms with Crippen LogP contribution < -0.4 is 0 Å². The van der Waals surface area contributed by atoms with E-state index in [2.05, 4.69) is 4.36 Å². The van der Waals surface area contributed by atoms with Crippen molar-refractivity contribution in [2.75, 3.05) is 0 Å². The van der Waals surface area contributed by atoms with Crippen molar-refractivity contribution in [3.8, 4) is 0 Å². The number of carbonyl (C=O) groups is 1. The highest BCUT2D eigenvalue weighted by Gasteiger charge is 1.86. The third kappa shape index (κ3) is 3.57. The van der Waals surface area contributed by atoms with Gasteiger partial charge in [-0.2, -0.15) is 4.21 Å². The first-order chi connectivity index (χ1) is 3.81. The van der Waals surface area contributed by atoms with E-state index in [4.69, 9.17) is 0 Å². The van der Waals surface area contributed by atoms with Crippen LogP contribution in [-0.2, 0) is 27.5 Å². The molecule has 0 aromatic heterocycles. The summed E-state index contributed by atoms with van der Waals surface area (Å²) in [6.45, 7) is 0. The lowest BCUT2D eigenvalue weighted by Gasteiger charge is -1.64. The van der Waals surface area contributed by atoms with Gasteiger partial charge in [0.25, 0.3) is 5.91 Å². The van der Waals surface area contributed by atoms with Crippen LogP contribution in [0.2, 0.25) is 0 Å². The highest BCUT2D eigenvalue weighted by atomic mass is 32.1. The molecule has 0 N–H and O–H groups in total. The Balaban J connectivity index is 4.04. The molecule has 0 aliphatic rings. The summed E-state index contributed by atoms with van der Waals surface area (Å²) in [4.78, 5) is 9.98. The van der Waals surface area contributed by atoms with Gasteiger partial charge in [-0.15, -0.1) is 4.36 Å². The van der Waals surface area contributed by atoms with Crippen LogP contribution in [0.5, 0.6) is 0 Å². The quantitative estimate of drug-likeness (QED) is 0.448. The summed E-state index contributed by atoms with van der Waals surface area (Å²) in [6, 6.07) is 0. The maximum Gasteiger partial charge on any atom is 0.295 e. The SMILES string of the molecule is O=S=CC(=O)N=S=O. The minimum atomic E-state index is -0.787. The molecule has 0 rings (SSSR count). The van der Waals surface area contributed by atoms with Crippen LogP contribution in [-0.4, -0.2) is 19.7 Å². The van der Waals surface area contributed by atoms with Crippen LogP contribution in [0, 0.1) is 0 Å². The lowest BCUT2D eigenvalue weighted by molar-refractivity contribution is -0.111. The van der Waals surface area contributed by atoms with Gasteiger partial charge in [0, 0.05) is 0 Å². The van der Waals surface area contributed by atoms with E-state index in [1.165, 1.54) is 0 Å². The van der Waals surface area contributed by atoms with Gasteiger partial charge in [0.05, 0.1) is 16.6 Å². The second kappa shape index (κ2) is 4.54. The molecule has 0 bridgehead atoms. The molecule has 0 aromatic carbocycles. The van der Waals surface area contributed by atoms with E-state index in [0.717, 1.165) is 0 Å². The van der Waals surface area contributed by atoms with Gasteiger partial charge in [0.2, 0.25) is 11.5 Å². The van der Waals surface area contributed by atoms with Crippen LogP contribution in [0.4, 0.5) is 0 Å². The molecule has 0 aliphatic heterocycles. The van der Waals surface area contributed by atoms with Crippen molar-refractivity contribution < 1.29 is 13.2 Å². The molecular formula is C2HNO3S2. The molecule has 44 valence electrons. The molecule has 0 aromatic rings. The fourth-order valence-corrected chi connectivity index (χ4v) is 0.427. The molecule has 0 unspecified atom stereocenters. The van der Waals surface area contributed by atoms with Crippen LogP contribution >= 0.6 is 0 Å². The van der Waals surface area contributed by atoms with Crippen LogP contribution in [0.25, 0.3) is 0 Å². The van der Waals surface area contributed by atoms with Gasteiger partial charge in [-0.1, -0.05) is 0 Å². The molecule has 0 radical (unpaired) electrons. The summed E-state index contributed by atoms with van der Waals surface area (Å²) in [5.74, 6) is -0.787. The standard InChI is InChI=1S/C2HNO3S2/c4-2(1-7-5)3-8-6/h1H. The predicted octanol–water partition coefficient (Wildman–Crippen LogP) is -1.08. The number of carbonyl (C=O) groups excluding carboxylic acids is 1. The monoisotopic (exact) mass is 151 g/mol. The average molecular weight is 151 g/mol. The highest BCUT2D eigenvalue weighted by molar-refractivity contribution is 7.66. The Bertz CT molecular complexity index is 167. The summed E-state index contributed by atoms with van der Waals surface area (Å²) in [7, 11) is 0. The van der Waals surface area contributed by atoms with Crippen molar-refractivity contribution in [3.05, 3.63) is 0 Å². The number of hydrogen-bond acceptors (Lipinski definition) is 3. The minimum Gasteiger partial charge on any atom is -0.265 e. The molecule has 4 nitrogen and oxygen atoms in total. The van der Waals surface area contributed by atoms with E-state index in [9.17, 15) is 13.2 Å². The molecule has 0 saturated carbocycles. The highest BCUT2D eigenvalue weighted by Crippen LogP contribution is 1.61. The van der Waals surface area contributed by atoms with Crippen molar-refractivity contribution >= 4 is 34.0 Å². The van der Waals surface area contributed by atoms with E-state index in [1.807, 2.05) is 0 Å². The lowest BCUT2D eigenvalue weighted by Crippen LogP contribution is -1.90. The van der Waals surface area contributed by atoms with Crippen molar-refractivity contribution in [2.24, 2.45) is 4.36 Å². The number of nitrogens with zero attached hydrogens (tertiary/aromatic N) is 1. The molecule has 0 spiro atoms. The normalized spacial score (nSPS) is 7.00. The zero-order valence-corrected chi connectivity index (χ0v) is 5.20. The van der Waals surface area contributed by atoms with Gasteiger partial charge in [-0.05, 0) is 0 Å². The van der Waals surface area contributed by atoms with Crippen LogP contribution in [0.3, 0.4) is 0 Å². The summed E-state index contributed by atoms with van der Waals surface area (Å²) in [6.07, 6.45) is 0. The van der Waals surface area contributed by atoms with Gasteiger partial charge in [-0.25, -0.2) is 4.21 Å². The summed E-state index contributed by atoms with van der Waals surface area (Å²) in [5.41, 5.74) is 0. The summed E-state index contributed by atoms with van der Waals surface area (Å²) < 4.78 is 21.7. The molecular weight excluding hydrogens is 150 g/mol. The molecule has 0 aliphatic carbocycles. The van der Waals surface area contributed by atoms with Gasteiger partial charge in [-0.3, -0.25) is 4.79 Å². The van der Waals surface area contributed by atoms with E-state index in [-0.39, 0.29) is 22.7 Å². The fourth-order valence-electron chi connectivity index (χ4n) is 0.0994. The third-order valence-electron chi connectivity index (χ3n) is 0.276. The number of rotatable bonds is 1. The molecule has 1 amide bonds. The zero-order chi connectivity index (χ0) is 6.41. The topological polar surface area (TPSA) is 63.6 Å². The van der Waals surface area contributed by atoms with Crippen LogP contribution in [0.1, 0.15) is 0 Å². The first kappa shape index (κ1) is 7.38. The second-order valence-electron chi connectivity index (χ2n) is 0.718. The maximum atomic E-state index is 9.98. The molecule has 0 atom stereocenters. The van der Waals surface area contributed by atoms with Gasteiger partial charge in [0.1, 0.15) is 0 Å². The summed E-state index contributed by atoms with van der Waals surface area (Å²) in [5, 5.41) is 0.713. The summed E-state index contributed by atoms with van der Waals surface area (Å²) >= 11 is -0.229.